The number of benzene rings is 2. The number of carbonyl (C=O) groups is 2. The van der Waals surface area contributed by atoms with Crippen LogP contribution in [0.5, 0.6) is 0 Å². The van der Waals surface area contributed by atoms with Crippen molar-refractivity contribution in [2.24, 2.45) is 5.73 Å². The first-order valence-electron chi connectivity index (χ1n) is 9.76. The van der Waals surface area contributed by atoms with Gasteiger partial charge in [0.05, 0.1) is 24.4 Å². The summed E-state index contributed by atoms with van der Waals surface area (Å²) in [5, 5.41) is 9.83. The quantitative estimate of drug-likeness (QED) is 0.462. The molecule has 0 aliphatic rings. The van der Waals surface area contributed by atoms with Gasteiger partial charge in [-0.05, 0) is 47.7 Å². The Morgan fingerprint density at radius 2 is 2.00 bits per heavy atom. The highest BCUT2D eigenvalue weighted by Crippen LogP contribution is 2.29. The number of amides is 2. The van der Waals surface area contributed by atoms with Crippen molar-refractivity contribution in [3.05, 3.63) is 76.2 Å². The zero-order valence-corrected chi connectivity index (χ0v) is 18.4. The number of primary amides is 1. The maximum Gasteiger partial charge on any atom is 0.219 e. The lowest BCUT2D eigenvalue weighted by Crippen LogP contribution is -2.25. The van der Waals surface area contributed by atoms with Crippen molar-refractivity contribution in [1.29, 1.82) is 0 Å². The minimum atomic E-state index is -0.477. The molecular weight excluding hydrogens is 419 g/mol. The lowest BCUT2D eigenvalue weighted by Gasteiger charge is -2.14. The number of nitrogens with one attached hydrogen (secondary N) is 2. The minimum Gasteiger partial charge on any atom is -0.370 e. The Balaban J connectivity index is 0.000000221. The largest absolute Gasteiger partial charge is 0.370 e. The van der Waals surface area contributed by atoms with Gasteiger partial charge in [-0.25, -0.2) is 4.39 Å². The van der Waals surface area contributed by atoms with E-state index in [4.69, 9.17) is 17.3 Å². The van der Waals surface area contributed by atoms with Crippen LogP contribution in [0.4, 0.5) is 4.39 Å². The van der Waals surface area contributed by atoms with Crippen molar-refractivity contribution < 1.29 is 14.0 Å². The van der Waals surface area contributed by atoms with Gasteiger partial charge in [0.15, 0.2) is 0 Å². The van der Waals surface area contributed by atoms with Gasteiger partial charge in [-0.3, -0.25) is 14.7 Å². The van der Waals surface area contributed by atoms with Crippen LogP contribution < -0.4 is 11.1 Å². The Morgan fingerprint density at radius 1 is 1.29 bits per heavy atom. The van der Waals surface area contributed by atoms with Crippen molar-refractivity contribution in [3.63, 3.8) is 0 Å². The van der Waals surface area contributed by atoms with E-state index in [0.29, 0.717) is 17.0 Å². The van der Waals surface area contributed by atoms with Crippen LogP contribution in [0, 0.1) is 12.7 Å². The van der Waals surface area contributed by atoms with Gasteiger partial charge in [0, 0.05) is 10.6 Å². The van der Waals surface area contributed by atoms with E-state index in [1.54, 1.807) is 36.5 Å². The molecule has 31 heavy (non-hydrogen) atoms. The maximum atomic E-state index is 14.2. The average Bonchev–Trinajstić information content (AvgIpc) is 3.13. The standard InChI is InChI=1S/C13H15FN2.C10H11ClN2O2/c1-8(2)10-5-4-6-11(12(10)14)13-9(3)7-15-16-13;11-8-3-1-2-7(4-8)9(13-6-14)5-10(12)15/h4-8H,1-3H3,(H,15,16);1-4,6,9H,5H2,(H2,12,15)(H,13,14). The summed E-state index contributed by atoms with van der Waals surface area (Å²) in [5.74, 6) is -0.442. The fourth-order valence-corrected chi connectivity index (χ4v) is 3.29. The molecule has 1 unspecified atom stereocenters. The molecule has 0 saturated carbocycles. The molecule has 0 spiro atoms. The van der Waals surface area contributed by atoms with Crippen molar-refractivity contribution in [2.45, 2.75) is 39.2 Å². The number of nitrogens with zero attached hydrogens (tertiary/aromatic N) is 1. The summed E-state index contributed by atoms with van der Waals surface area (Å²) in [6.45, 7) is 5.89. The molecule has 1 aromatic heterocycles. The van der Waals surface area contributed by atoms with Gasteiger partial charge in [0.2, 0.25) is 12.3 Å². The SMILES string of the molecule is Cc1cn[nH]c1-c1cccc(C(C)C)c1F.NC(=O)CC(NC=O)c1cccc(Cl)c1. The fraction of sp³-hybridized carbons (Fsp3) is 0.261. The van der Waals surface area contributed by atoms with Gasteiger partial charge in [-0.2, -0.15) is 5.10 Å². The molecule has 4 N–H and O–H groups in total. The zero-order valence-electron chi connectivity index (χ0n) is 17.7. The van der Waals surface area contributed by atoms with Crippen molar-refractivity contribution in [1.82, 2.24) is 15.5 Å². The second kappa shape index (κ2) is 11.3. The number of carbonyl (C=O) groups excluding carboxylic acids is 2. The summed E-state index contributed by atoms with van der Waals surface area (Å²) >= 11 is 5.79. The van der Waals surface area contributed by atoms with Crippen molar-refractivity contribution >= 4 is 23.9 Å². The molecule has 0 aliphatic carbocycles. The Bertz CT molecular complexity index is 1040. The molecular formula is C23H26ClFN4O2. The Hall–Kier alpha value is -3.19. The number of aryl methyl sites for hydroxylation is 1. The van der Waals surface area contributed by atoms with Gasteiger partial charge in [-0.1, -0.05) is 49.7 Å². The summed E-state index contributed by atoms with van der Waals surface area (Å²) in [4.78, 5) is 21.1. The normalized spacial score (nSPS) is 11.4. The maximum absolute atomic E-state index is 14.2. The molecule has 2 amide bonds. The summed E-state index contributed by atoms with van der Waals surface area (Å²) in [7, 11) is 0. The summed E-state index contributed by atoms with van der Waals surface area (Å²) in [6.07, 6.45) is 2.30. The van der Waals surface area contributed by atoms with Crippen LogP contribution in [0.1, 0.15) is 48.9 Å². The van der Waals surface area contributed by atoms with Gasteiger partial charge in [0.1, 0.15) is 5.82 Å². The van der Waals surface area contributed by atoms with E-state index in [2.05, 4.69) is 15.5 Å². The summed E-state index contributed by atoms with van der Waals surface area (Å²) < 4.78 is 14.2. The monoisotopic (exact) mass is 444 g/mol. The molecule has 164 valence electrons. The van der Waals surface area contributed by atoms with Crippen LogP contribution >= 0.6 is 11.6 Å². The molecule has 6 nitrogen and oxygen atoms in total. The molecule has 0 fully saturated rings. The smallest absolute Gasteiger partial charge is 0.219 e. The zero-order chi connectivity index (χ0) is 23.0. The van der Waals surface area contributed by atoms with Crippen LogP contribution in [0.25, 0.3) is 11.3 Å². The summed E-state index contributed by atoms with van der Waals surface area (Å²) in [6, 6.07) is 12.0. The number of aromatic nitrogens is 2. The predicted octanol–water partition coefficient (Wildman–Crippen LogP) is 4.65. The molecule has 0 aliphatic heterocycles. The van der Waals surface area contributed by atoms with Gasteiger partial charge in [0.25, 0.3) is 0 Å². The highest BCUT2D eigenvalue weighted by atomic mass is 35.5. The fourth-order valence-electron chi connectivity index (χ4n) is 3.09. The third kappa shape index (κ3) is 6.65. The Labute approximate surface area is 186 Å². The van der Waals surface area contributed by atoms with Crippen LogP contribution in [-0.4, -0.2) is 22.5 Å². The third-order valence-corrected chi connectivity index (χ3v) is 4.91. The predicted molar refractivity (Wildman–Crippen MR) is 120 cm³/mol. The molecule has 0 bridgehead atoms. The van der Waals surface area contributed by atoms with Gasteiger partial charge in [-0.15, -0.1) is 0 Å². The number of aromatic amines is 1. The number of hydrogen-bond acceptors (Lipinski definition) is 3. The van der Waals surface area contributed by atoms with E-state index in [0.717, 1.165) is 22.4 Å². The lowest BCUT2D eigenvalue weighted by atomic mass is 9.98. The van der Waals surface area contributed by atoms with E-state index in [-0.39, 0.29) is 18.2 Å². The highest BCUT2D eigenvalue weighted by molar-refractivity contribution is 6.30. The van der Waals surface area contributed by atoms with Gasteiger partial charge < -0.3 is 11.1 Å². The summed E-state index contributed by atoms with van der Waals surface area (Å²) in [5.41, 5.74) is 8.89. The van der Waals surface area contributed by atoms with E-state index in [9.17, 15) is 14.0 Å². The third-order valence-electron chi connectivity index (χ3n) is 4.67. The van der Waals surface area contributed by atoms with Crippen LogP contribution in [0.15, 0.2) is 48.7 Å². The Morgan fingerprint density at radius 3 is 2.55 bits per heavy atom. The molecule has 0 radical (unpaired) electrons. The lowest BCUT2D eigenvalue weighted by molar-refractivity contribution is -0.118. The molecule has 0 saturated heterocycles. The second-order valence-corrected chi connectivity index (χ2v) is 7.79. The second-order valence-electron chi connectivity index (χ2n) is 7.35. The number of halogens is 2. The first-order chi connectivity index (χ1) is 14.7. The average molecular weight is 445 g/mol. The molecule has 2 aromatic carbocycles. The number of hydrogen-bond donors (Lipinski definition) is 3. The molecule has 3 rings (SSSR count). The van der Waals surface area contributed by atoms with Crippen LogP contribution in [-0.2, 0) is 9.59 Å². The molecule has 1 atom stereocenters. The molecule has 1 heterocycles. The molecule has 3 aromatic rings. The van der Waals surface area contributed by atoms with Crippen LogP contribution in [0.3, 0.4) is 0 Å². The van der Waals surface area contributed by atoms with Crippen molar-refractivity contribution in [3.8, 4) is 11.3 Å². The van der Waals surface area contributed by atoms with Crippen molar-refractivity contribution in [2.75, 3.05) is 0 Å². The number of nitrogens with two attached hydrogens (primary N) is 1. The Kier molecular flexibility index (Phi) is 8.75. The van der Waals surface area contributed by atoms with E-state index in [1.165, 1.54) is 0 Å². The highest BCUT2D eigenvalue weighted by Gasteiger charge is 2.15. The first-order valence-corrected chi connectivity index (χ1v) is 10.1. The minimum absolute atomic E-state index is 0.0546. The number of H-pyrrole nitrogens is 1. The van der Waals surface area contributed by atoms with E-state index < -0.39 is 11.9 Å². The number of rotatable bonds is 7. The van der Waals surface area contributed by atoms with Gasteiger partial charge >= 0.3 is 0 Å². The van der Waals surface area contributed by atoms with E-state index in [1.807, 2.05) is 32.9 Å². The van der Waals surface area contributed by atoms with E-state index >= 15 is 0 Å². The first kappa shape index (κ1) is 24.1. The van der Waals surface area contributed by atoms with Crippen LogP contribution in [0.2, 0.25) is 5.02 Å². The molecule has 8 heteroatoms. The topological polar surface area (TPSA) is 101 Å².